The van der Waals surface area contributed by atoms with Crippen molar-refractivity contribution in [2.45, 2.75) is 39.7 Å². The number of carbonyl (C=O) groups excluding carboxylic acids is 1. The zero-order valence-electron chi connectivity index (χ0n) is 12.6. The zero-order chi connectivity index (χ0) is 15.2. The Morgan fingerprint density at radius 1 is 1.43 bits per heavy atom. The number of nitrogens with zero attached hydrogens (tertiary/aromatic N) is 4. The van der Waals surface area contributed by atoms with Crippen molar-refractivity contribution < 1.29 is 4.79 Å². The Morgan fingerprint density at radius 2 is 2.24 bits per heavy atom. The molecule has 1 N–H and O–H groups in total. The van der Waals surface area contributed by atoms with Gasteiger partial charge in [0.2, 0.25) is 5.91 Å². The van der Waals surface area contributed by atoms with Gasteiger partial charge in [-0.1, -0.05) is 20.8 Å². The highest BCUT2D eigenvalue weighted by Gasteiger charge is 2.13. The molecule has 1 unspecified atom stereocenters. The van der Waals surface area contributed by atoms with Crippen LogP contribution in [0.15, 0.2) is 18.0 Å². The number of amides is 1. The van der Waals surface area contributed by atoms with E-state index >= 15 is 0 Å². The van der Waals surface area contributed by atoms with Gasteiger partial charge in [-0.25, -0.2) is 9.97 Å². The van der Waals surface area contributed by atoms with Gasteiger partial charge in [0.1, 0.15) is 12.7 Å². The molecule has 0 saturated heterocycles. The smallest absolute Gasteiger partial charge is 0.224 e. The Hall–Kier alpha value is -1.76. The molecule has 0 bridgehead atoms. The van der Waals surface area contributed by atoms with E-state index in [1.54, 1.807) is 22.3 Å². The lowest BCUT2D eigenvalue weighted by Gasteiger charge is -2.11. The van der Waals surface area contributed by atoms with Crippen LogP contribution in [0.4, 0.5) is 0 Å². The van der Waals surface area contributed by atoms with Gasteiger partial charge >= 0.3 is 0 Å². The summed E-state index contributed by atoms with van der Waals surface area (Å²) in [5, 5.41) is 10.1. The molecule has 6 nitrogen and oxygen atoms in total. The third kappa shape index (κ3) is 4.63. The summed E-state index contributed by atoms with van der Waals surface area (Å²) >= 11 is 1.66. The van der Waals surface area contributed by atoms with E-state index in [2.05, 4.69) is 39.6 Å². The van der Waals surface area contributed by atoms with Gasteiger partial charge in [-0.2, -0.15) is 5.10 Å². The Bertz CT molecular complexity index is 564. The fourth-order valence-electron chi connectivity index (χ4n) is 1.86. The lowest BCUT2D eigenvalue weighted by molar-refractivity contribution is -0.124. The van der Waals surface area contributed by atoms with Gasteiger partial charge in [0.05, 0.1) is 23.2 Å². The second-order valence-electron chi connectivity index (χ2n) is 5.38. The third-order valence-electron chi connectivity index (χ3n) is 3.17. The third-order valence-corrected chi connectivity index (χ3v) is 4.10. The predicted molar refractivity (Wildman–Crippen MR) is 82.1 cm³/mol. The quantitative estimate of drug-likeness (QED) is 0.847. The highest BCUT2D eigenvalue weighted by atomic mass is 32.1. The highest BCUT2D eigenvalue weighted by Crippen LogP contribution is 2.17. The minimum atomic E-state index is -0.130. The van der Waals surface area contributed by atoms with E-state index in [-0.39, 0.29) is 11.8 Å². The molecule has 2 rings (SSSR count). The van der Waals surface area contributed by atoms with E-state index in [4.69, 9.17) is 0 Å². The maximum atomic E-state index is 12.0. The first kappa shape index (κ1) is 15.6. The van der Waals surface area contributed by atoms with E-state index in [1.165, 1.54) is 6.33 Å². The lowest BCUT2D eigenvalue weighted by Crippen LogP contribution is -2.33. The van der Waals surface area contributed by atoms with Crippen LogP contribution in [0.1, 0.15) is 37.4 Å². The van der Waals surface area contributed by atoms with Crippen LogP contribution in [0.3, 0.4) is 0 Å². The first-order chi connectivity index (χ1) is 10.1. The van der Waals surface area contributed by atoms with Crippen LogP contribution < -0.4 is 5.32 Å². The van der Waals surface area contributed by atoms with E-state index in [1.807, 2.05) is 6.92 Å². The van der Waals surface area contributed by atoms with Crippen molar-refractivity contribution >= 4 is 17.2 Å². The number of carbonyl (C=O) groups is 1. The summed E-state index contributed by atoms with van der Waals surface area (Å²) in [5.41, 5.74) is 1.13. The van der Waals surface area contributed by atoms with E-state index < -0.39 is 0 Å². The fraction of sp³-hybridized carbons (Fsp3) is 0.571. The molecule has 0 aliphatic rings. The molecule has 2 aromatic rings. The summed E-state index contributed by atoms with van der Waals surface area (Å²) in [6.07, 6.45) is 3.87. The SMILES string of the molecule is CC(Cn1cncn1)C(=O)NCCc1nc(C(C)C)cs1. The van der Waals surface area contributed by atoms with E-state index in [0.29, 0.717) is 19.0 Å². The standard InChI is InChI=1S/C14H21N5OS/c1-10(2)12-7-21-13(18-12)4-5-16-14(20)11(3)6-19-9-15-8-17-19/h7-11H,4-6H2,1-3H3,(H,16,20). The molecule has 0 saturated carbocycles. The van der Waals surface area contributed by atoms with Crippen LogP contribution in [0.2, 0.25) is 0 Å². The van der Waals surface area contributed by atoms with Crippen molar-refractivity contribution in [2.24, 2.45) is 5.92 Å². The topological polar surface area (TPSA) is 72.7 Å². The second kappa shape index (κ2) is 7.31. The number of aromatic nitrogens is 4. The van der Waals surface area contributed by atoms with Crippen LogP contribution >= 0.6 is 11.3 Å². The molecular weight excluding hydrogens is 286 g/mol. The van der Waals surface area contributed by atoms with Crippen molar-refractivity contribution in [3.8, 4) is 0 Å². The van der Waals surface area contributed by atoms with Crippen molar-refractivity contribution in [1.29, 1.82) is 0 Å². The normalized spacial score (nSPS) is 12.6. The van der Waals surface area contributed by atoms with Crippen LogP contribution in [-0.4, -0.2) is 32.2 Å². The average Bonchev–Trinajstić information content (AvgIpc) is 3.09. The summed E-state index contributed by atoms with van der Waals surface area (Å²) in [6, 6.07) is 0. The molecule has 1 atom stereocenters. The lowest BCUT2D eigenvalue weighted by atomic mass is 10.1. The van der Waals surface area contributed by atoms with Crippen molar-refractivity contribution in [1.82, 2.24) is 25.1 Å². The van der Waals surface area contributed by atoms with Crippen molar-refractivity contribution in [3.05, 3.63) is 28.7 Å². The molecule has 2 aromatic heterocycles. The van der Waals surface area contributed by atoms with Crippen LogP contribution in [0.25, 0.3) is 0 Å². The largest absolute Gasteiger partial charge is 0.355 e. The molecule has 0 radical (unpaired) electrons. The molecule has 0 aliphatic carbocycles. The summed E-state index contributed by atoms with van der Waals surface area (Å²) in [7, 11) is 0. The molecule has 21 heavy (non-hydrogen) atoms. The van der Waals surface area contributed by atoms with Gasteiger partial charge in [0.25, 0.3) is 0 Å². The molecule has 0 fully saturated rings. The molecule has 114 valence electrons. The Kier molecular flexibility index (Phi) is 5.44. The van der Waals surface area contributed by atoms with Crippen LogP contribution in [0.5, 0.6) is 0 Å². The average molecular weight is 307 g/mol. The van der Waals surface area contributed by atoms with Crippen molar-refractivity contribution in [3.63, 3.8) is 0 Å². The molecule has 0 spiro atoms. The highest BCUT2D eigenvalue weighted by molar-refractivity contribution is 7.09. The number of hydrogen-bond acceptors (Lipinski definition) is 5. The molecule has 2 heterocycles. The van der Waals surface area contributed by atoms with Crippen molar-refractivity contribution in [2.75, 3.05) is 6.54 Å². The summed E-state index contributed by atoms with van der Waals surface area (Å²) in [4.78, 5) is 20.4. The monoisotopic (exact) mass is 307 g/mol. The summed E-state index contributed by atoms with van der Waals surface area (Å²) in [5.74, 6) is 0.354. The Balaban J connectivity index is 1.73. The second-order valence-corrected chi connectivity index (χ2v) is 6.32. The maximum absolute atomic E-state index is 12.0. The minimum Gasteiger partial charge on any atom is -0.355 e. The van der Waals surface area contributed by atoms with Gasteiger partial charge in [-0.15, -0.1) is 11.3 Å². The zero-order valence-corrected chi connectivity index (χ0v) is 13.4. The molecule has 0 aliphatic heterocycles. The summed E-state index contributed by atoms with van der Waals surface area (Å²) in [6.45, 7) is 7.31. The van der Waals surface area contributed by atoms with Crippen LogP contribution in [0, 0.1) is 5.92 Å². The first-order valence-corrected chi connectivity index (χ1v) is 7.98. The number of thiazole rings is 1. The molecule has 0 aromatic carbocycles. The van der Waals surface area contributed by atoms with E-state index in [0.717, 1.165) is 17.1 Å². The number of rotatable bonds is 7. The van der Waals surface area contributed by atoms with Gasteiger partial charge in [0.15, 0.2) is 0 Å². The Labute approximate surface area is 128 Å². The molecule has 1 amide bonds. The fourth-order valence-corrected chi connectivity index (χ4v) is 2.82. The number of nitrogens with one attached hydrogen (secondary N) is 1. The van der Waals surface area contributed by atoms with E-state index in [9.17, 15) is 4.79 Å². The van der Waals surface area contributed by atoms with Gasteiger partial charge in [0, 0.05) is 18.3 Å². The van der Waals surface area contributed by atoms with Gasteiger partial charge in [-0.3, -0.25) is 9.48 Å². The molecule has 7 heteroatoms. The maximum Gasteiger partial charge on any atom is 0.224 e. The van der Waals surface area contributed by atoms with Gasteiger partial charge in [-0.05, 0) is 5.92 Å². The van der Waals surface area contributed by atoms with Crippen LogP contribution in [-0.2, 0) is 17.8 Å². The minimum absolute atomic E-state index is 0.0335. The van der Waals surface area contributed by atoms with Gasteiger partial charge < -0.3 is 5.32 Å². The number of hydrogen-bond donors (Lipinski definition) is 1. The summed E-state index contributed by atoms with van der Waals surface area (Å²) < 4.78 is 1.67. The molecular formula is C14H21N5OS. The predicted octanol–water partition coefficient (Wildman–Crippen LogP) is 1.85. The Morgan fingerprint density at radius 3 is 2.86 bits per heavy atom. The first-order valence-electron chi connectivity index (χ1n) is 7.10.